The Kier molecular flexibility index (Phi) is 6.47. The number of carbonyl (C=O) groups excluding carboxylic acids is 1. The first-order chi connectivity index (χ1) is 9.40. The van der Waals surface area contributed by atoms with E-state index in [1.54, 1.807) is 0 Å². The molecule has 112 valence electrons. The fraction of sp³-hybridized carbons (Fsp3) is 0.588. The highest BCUT2D eigenvalue weighted by Gasteiger charge is 2.39. The summed E-state index contributed by atoms with van der Waals surface area (Å²) in [5.74, 6) is 0.387. The Bertz CT molecular complexity index is 409. The minimum Gasteiger partial charge on any atom is -0.466 e. The molecule has 0 aliphatic carbocycles. The van der Waals surface area contributed by atoms with E-state index in [0.29, 0.717) is 12.5 Å². The van der Waals surface area contributed by atoms with Crippen LogP contribution in [0.1, 0.15) is 25.8 Å². The van der Waals surface area contributed by atoms with Crippen LogP contribution >= 0.6 is 0 Å². The van der Waals surface area contributed by atoms with E-state index in [2.05, 4.69) is 50.8 Å². The van der Waals surface area contributed by atoms with Gasteiger partial charge in [0.25, 0.3) is 0 Å². The van der Waals surface area contributed by atoms with Gasteiger partial charge in [0.15, 0.2) is 0 Å². The van der Waals surface area contributed by atoms with Gasteiger partial charge in [-0.3, -0.25) is 4.79 Å². The molecule has 0 radical (unpaired) electrons. The molecule has 0 heterocycles. The Morgan fingerprint density at radius 1 is 1.15 bits per heavy atom. The van der Waals surface area contributed by atoms with Gasteiger partial charge in [-0.25, -0.2) is 0 Å². The topological polar surface area (TPSA) is 26.3 Å². The summed E-state index contributed by atoms with van der Waals surface area (Å²) in [6.07, 6.45) is 1.98. The quantitative estimate of drug-likeness (QED) is 0.545. The fourth-order valence-corrected chi connectivity index (χ4v) is 5.46. The second-order valence-corrected chi connectivity index (χ2v) is 11.8. The maximum atomic E-state index is 12.4. The molecule has 0 bridgehead atoms. The molecular weight excluding hydrogens is 264 g/mol. The molecule has 1 aromatic rings. The van der Waals surface area contributed by atoms with Gasteiger partial charge in [0.2, 0.25) is 0 Å². The van der Waals surface area contributed by atoms with Gasteiger partial charge < -0.3 is 4.74 Å². The van der Waals surface area contributed by atoms with E-state index < -0.39 is 8.07 Å². The maximum Gasteiger partial charge on any atom is 0.306 e. The van der Waals surface area contributed by atoms with Crippen LogP contribution in [0.15, 0.2) is 30.3 Å². The van der Waals surface area contributed by atoms with Crippen LogP contribution in [0.25, 0.3) is 0 Å². The van der Waals surface area contributed by atoms with Crippen LogP contribution in [0.3, 0.4) is 0 Å². The second-order valence-electron chi connectivity index (χ2n) is 6.45. The van der Waals surface area contributed by atoms with Crippen molar-refractivity contribution in [3.05, 3.63) is 35.9 Å². The summed E-state index contributed by atoms with van der Waals surface area (Å²) < 4.78 is 5.35. The first-order valence-electron chi connectivity index (χ1n) is 7.60. The van der Waals surface area contributed by atoms with Gasteiger partial charge in [-0.05, 0) is 24.8 Å². The average molecular weight is 292 g/mol. The molecule has 0 amide bonds. The Labute approximate surface area is 124 Å². The molecule has 0 aliphatic heterocycles. The first-order valence-corrected chi connectivity index (χ1v) is 11.2. The van der Waals surface area contributed by atoms with Crippen molar-refractivity contribution in [3.8, 4) is 0 Å². The molecule has 1 aromatic carbocycles. The zero-order valence-electron chi connectivity index (χ0n) is 13.5. The number of hydrogen-bond acceptors (Lipinski definition) is 2. The number of carbonyl (C=O) groups is 1. The smallest absolute Gasteiger partial charge is 0.306 e. The van der Waals surface area contributed by atoms with Crippen molar-refractivity contribution in [3.63, 3.8) is 0 Å². The predicted molar refractivity (Wildman–Crippen MR) is 87.7 cm³/mol. The molecule has 0 aliphatic rings. The van der Waals surface area contributed by atoms with Crippen LogP contribution in [0.5, 0.6) is 0 Å². The van der Waals surface area contributed by atoms with Crippen LogP contribution in [0.4, 0.5) is 0 Å². The summed E-state index contributed by atoms with van der Waals surface area (Å²) in [6, 6.07) is 10.5. The number of esters is 1. The van der Waals surface area contributed by atoms with E-state index in [1.165, 1.54) is 5.56 Å². The van der Waals surface area contributed by atoms with Gasteiger partial charge >= 0.3 is 5.97 Å². The third-order valence-corrected chi connectivity index (χ3v) is 6.38. The Hall–Kier alpha value is -1.09. The summed E-state index contributed by atoms with van der Waals surface area (Å²) >= 11 is 0. The molecule has 1 rings (SSSR count). The molecular formula is C17H28O2Si. The van der Waals surface area contributed by atoms with Crippen LogP contribution in [-0.2, 0) is 16.0 Å². The summed E-state index contributed by atoms with van der Waals surface area (Å²) in [5.41, 5.74) is 1.39. The lowest BCUT2D eigenvalue weighted by Crippen LogP contribution is -2.40. The molecule has 0 unspecified atom stereocenters. The molecule has 2 nitrogen and oxygen atoms in total. The van der Waals surface area contributed by atoms with Crippen molar-refractivity contribution in [2.45, 2.75) is 51.9 Å². The first kappa shape index (κ1) is 17.0. The van der Waals surface area contributed by atoms with Crippen molar-refractivity contribution < 1.29 is 9.53 Å². The summed E-state index contributed by atoms with van der Waals surface area (Å²) in [7, 11) is -1.60. The largest absolute Gasteiger partial charge is 0.466 e. The van der Waals surface area contributed by atoms with Gasteiger partial charge in [-0.15, -0.1) is 0 Å². The van der Waals surface area contributed by atoms with E-state index in [-0.39, 0.29) is 11.5 Å². The van der Waals surface area contributed by atoms with Crippen molar-refractivity contribution in [2.24, 2.45) is 5.92 Å². The van der Waals surface area contributed by atoms with E-state index in [0.717, 1.165) is 12.8 Å². The molecule has 0 saturated heterocycles. The highest BCUT2D eigenvalue weighted by atomic mass is 28.3. The van der Waals surface area contributed by atoms with Crippen LogP contribution < -0.4 is 0 Å². The molecule has 2 atom stereocenters. The Morgan fingerprint density at radius 2 is 1.75 bits per heavy atom. The summed E-state index contributed by atoms with van der Waals surface area (Å²) in [5, 5.41) is 0. The van der Waals surface area contributed by atoms with E-state index in [9.17, 15) is 4.79 Å². The molecule has 0 fully saturated rings. The highest BCUT2D eigenvalue weighted by molar-refractivity contribution is 6.80. The Morgan fingerprint density at radius 3 is 2.20 bits per heavy atom. The number of rotatable bonds is 7. The van der Waals surface area contributed by atoms with Gasteiger partial charge in [0.1, 0.15) is 0 Å². The predicted octanol–water partition coefficient (Wildman–Crippen LogP) is 4.53. The molecule has 0 aromatic heterocycles. The number of ether oxygens (including phenoxy) is 1. The van der Waals surface area contributed by atoms with E-state index >= 15 is 0 Å². The highest BCUT2D eigenvalue weighted by Crippen LogP contribution is 2.35. The molecule has 3 heteroatoms. The van der Waals surface area contributed by atoms with E-state index in [1.807, 2.05) is 13.0 Å². The molecule has 0 spiro atoms. The van der Waals surface area contributed by atoms with E-state index in [4.69, 9.17) is 4.74 Å². The van der Waals surface area contributed by atoms with Gasteiger partial charge in [0.05, 0.1) is 20.2 Å². The molecule has 0 saturated carbocycles. The minimum atomic E-state index is -1.60. The fourth-order valence-electron chi connectivity index (χ4n) is 2.90. The van der Waals surface area contributed by atoms with Gasteiger partial charge in [-0.1, -0.05) is 63.3 Å². The standard InChI is InChI=1S/C17H28O2Si/c1-6-15(13-14-11-9-8-10-12-14)16(20(3,4)5)17(18)19-7-2/h8-12,15-16H,6-7,13H2,1-5H3/t15-,16-/m0/s1. The minimum absolute atomic E-state index is 0.00875. The molecule has 0 N–H and O–H groups in total. The molecule has 20 heavy (non-hydrogen) atoms. The van der Waals surface area contributed by atoms with Crippen molar-refractivity contribution in [2.75, 3.05) is 6.61 Å². The second kappa shape index (κ2) is 7.63. The van der Waals surface area contributed by atoms with Crippen LogP contribution in [0, 0.1) is 5.92 Å². The van der Waals surface area contributed by atoms with Crippen LogP contribution in [-0.4, -0.2) is 20.7 Å². The summed E-state index contributed by atoms with van der Waals surface area (Å²) in [6.45, 7) is 11.3. The van der Waals surface area contributed by atoms with Gasteiger partial charge in [0, 0.05) is 0 Å². The van der Waals surface area contributed by atoms with Crippen LogP contribution in [0.2, 0.25) is 25.2 Å². The SMILES string of the molecule is CCOC(=O)[C@H]([C@@H](CC)Cc1ccccc1)[Si](C)(C)C. The average Bonchev–Trinajstić information content (AvgIpc) is 2.37. The van der Waals surface area contributed by atoms with Crippen molar-refractivity contribution >= 4 is 14.0 Å². The third-order valence-electron chi connectivity index (χ3n) is 3.81. The number of hydrogen-bond donors (Lipinski definition) is 0. The zero-order chi connectivity index (χ0) is 15.2. The van der Waals surface area contributed by atoms with Gasteiger partial charge in [-0.2, -0.15) is 0 Å². The zero-order valence-corrected chi connectivity index (χ0v) is 14.5. The Balaban J connectivity index is 2.94. The summed E-state index contributed by atoms with van der Waals surface area (Å²) in [4.78, 5) is 12.4. The lowest BCUT2D eigenvalue weighted by Gasteiger charge is -2.33. The lowest BCUT2D eigenvalue weighted by molar-refractivity contribution is -0.144. The lowest BCUT2D eigenvalue weighted by atomic mass is 9.93. The third kappa shape index (κ3) is 4.78. The number of benzene rings is 1. The normalized spacial score (nSPS) is 14.7. The maximum absolute atomic E-state index is 12.4. The monoisotopic (exact) mass is 292 g/mol. The van der Waals surface area contributed by atoms with Crippen molar-refractivity contribution in [1.82, 2.24) is 0 Å². The van der Waals surface area contributed by atoms with Crippen molar-refractivity contribution in [1.29, 1.82) is 0 Å².